The summed E-state index contributed by atoms with van der Waals surface area (Å²) in [6.45, 7) is 4.87. The van der Waals surface area contributed by atoms with E-state index in [9.17, 15) is 9.90 Å². The third kappa shape index (κ3) is 3.50. The van der Waals surface area contributed by atoms with E-state index in [0.29, 0.717) is 38.3 Å². The number of hydrogen-bond donors (Lipinski definition) is 2. The Kier molecular flexibility index (Phi) is 4.84. The van der Waals surface area contributed by atoms with Gasteiger partial charge in [0, 0.05) is 31.9 Å². The number of aliphatic hydroxyl groups excluding tert-OH is 1. The molecule has 5 rings (SSSR count). The van der Waals surface area contributed by atoms with Gasteiger partial charge in [0.2, 0.25) is 0 Å². The summed E-state index contributed by atoms with van der Waals surface area (Å²) in [6, 6.07) is 12.0. The molecule has 1 saturated heterocycles. The number of carbonyl (C=O) groups is 1. The Balaban J connectivity index is 1.35. The van der Waals surface area contributed by atoms with Crippen molar-refractivity contribution in [1.29, 1.82) is 0 Å². The lowest BCUT2D eigenvalue weighted by Crippen LogP contribution is -2.39. The molecule has 1 amide bonds. The second-order valence-corrected chi connectivity index (χ2v) is 8.11. The molecule has 9 heteroatoms. The highest BCUT2D eigenvalue weighted by Gasteiger charge is 2.37. The molecule has 2 N–H and O–H groups in total. The third-order valence-electron chi connectivity index (χ3n) is 5.90. The first kappa shape index (κ1) is 19.0. The number of nitrogens with one attached hydrogen (secondary N) is 1. The fraction of sp³-hybridized carbons (Fsp3) is 0.429. The van der Waals surface area contributed by atoms with Crippen LogP contribution in [0.2, 0.25) is 0 Å². The number of β-amino-alcohol motifs (C(OH)–C–C–N with tert-alkyl or cyclic N) is 1. The van der Waals surface area contributed by atoms with E-state index < -0.39 is 0 Å². The molecule has 156 valence electrons. The van der Waals surface area contributed by atoms with Crippen LogP contribution in [0.25, 0.3) is 0 Å². The Hall–Kier alpha value is -3.04. The van der Waals surface area contributed by atoms with Crippen LogP contribution in [0.3, 0.4) is 0 Å². The van der Waals surface area contributed by atoms with Crippen LogP contribution in [0.4, 0.5) is 0 Å². The summed E-state index contributed by atoms with van der Waals surface area (Å²) in [5.41, 5.74) is 2.49. The first-order valence-electron chi connectivity index (χ1n) is 10.3. The van der Waals surface area contributed by atoms with Gasteiger partial charge in [0.25, 0.3) is 5.91 Å². The second kappa shape index (κ2) is 7.66. The summed E-state index contributed by atoms with van der Waals surface area (Å²) in [6.07, 6.45) is 0.261. The molecule has 4 heterocycles. The zero-order chi connectivity index (χ0) is 20.7. The van der Waals surface area contributed by atoms with Crippen LogP contribution >= 0.6 is 0 Å². The zero-order valence-corrected chi connectivity index (χ0v) is 16.9. The Morgan fingerprint density at radius 1 is 1.23 bits per heavy atom. The van der Waals surface area contributed by atoms with E-state index in [0.717, 1.165) is 23.9 Å². The van der Waals surface area contributed by atoms with Crippen molar-refractivity contribution in [2.24, 2.45) is 0 Å². The van der Waals surface area contributed by atoms with Gasteiger partial charge >= 0.3 is 0 Å². The lowest BCUT2D eigenvalue weighted by Gasteiger charge is -2.29. The molecule has 9 nitrogen and oxygen atoms in total. The van der Waals surface area contributed by atoms with E-state index in [4.69, 9.17) is 0 Å². The quantitative estimate of drug-likeness (QED) is 0.675. The highest BCUT2D eigenvalue weighted by Crippen LogP contribution is 2.33. The van der Waals surface area contributed by atoms with E-state index in [1.54, 1.807) is 11.0 Å². The average molecular weight is 407 g/mol. The fourth-order valence-electron chi connectivity index (χ4n) is 4.43. The number of amides is 1. The maximum atomic E-state index is 12.7. The molecular formula is C21H25N7O2. The van der Waals surface area contributed by atoms with Gasteiger partial charge in [-0.3, -0.25) is 14.8 Å². The Morgan fingerprint density at radius 3 is 2.83 bits per heavy atom. The van der Waals surface area contributed by atoms with Gasteiger partial charge in [0.1, 0.15) is 5.69 Å². The van der Waals surface area contributed by atoms with Crippen LogP contribution in [0.1, 0.15) is 45.9 Å². The molecule has 1 fully saturated rings. The third-order valence-corrected chi connectivity index (χ3v) is 5.90. The first-order chi connectivity index (χ1) is 14.6. The normalized spacial score (nSPS) is 21.7. The SMILES string of the molecule is Cc1cc(C(=O)N2CCn3c(nnc3[C@@H]3C[C@H](O)CN3Cc3ccccc3)C2)n[nH]1. The van der Waals surface area contributed by atoms with Gasteiger partial charge in [0.05, 0.1) is 18.7 Å². The minimum absolute atomic E-state index is 0.0118. The van der Waals surface area contributed by atoms with E-state index in [2.05, 4.69) is 42.0 Å². The molecule has 0 aliphatic carbocycles. The van der Waals surface area contributed by atoms with Crippen molar-refractivity contribution in [1.82, 2.24) is 34.8 Å². The molecule has 0 bridgehead atoms. The van der Waals surface area contributed by atoms with Gasteiger partial charge < -0.3 is 14.6 Å². The number of likely N-dealkylation sites (tertiary alicyclic amines) is 1. The molecule has 2 atom stereocenters. The van der Waals surface area contributed by atoms with Crippen molar-refractivity contribution in [2.75, 3.05) is 13.1 Å². The smallest absolute Gasteiger partial charge is 0.274 e. The topological polar surface area (TPSA) is 103 Å². The summed E-state index contributed by atoms with van der Waals surface area (Å²) in [4.78, 5) is 16.8. The molecule has 30 heavy (non-hydrogen) atoms. The van der Waals surface area contributed by atoms with Crippen LogP contribution in [0.5, 0.6) is 0 Å². The standard InChI is InChI=1S/C21H25N7O2/c1-14-9-17(23-22-14)21(30)26-7-8-28-19(13-26)24-25-20(28)18-10-16(29)12-27(18)11-15-5-3-2-4-6-15/h2-6,9,16,18,29H,7-8,10-13H2,1H3,(H,22,23)/t16-,18-/m0/s1. The molecule has 2 aliphatic heterocycles. The zero-order valence-electron chi connectivity index (χ0n) is 16.9. The molecular weight excluding hydrogens is 382 g/mol. The van der Waals surface area contributed by atoms with Crippen LogP contribution in [-0.4, -0.2) is 65.0 Å². The van der Waals surface area contributed by atoms with Crippen molar-refractivity contribution < 1.29 is 9.90 Å². The number of H-pyrrole nitrogens is 1. The van der Waals surface area contributed by atoms with Crippen LogP contribution in [0, 0.1) is 6.92 Å². The number of aryl methyl sites for hydroxylation is 1. The van der Waals surface area contributed by atoms with Crippen molar-refractivity contribution in [2.45, 2.75) is 45.1 Å². The van der Waals surface area contributed by atoms with Crippen molar-refractivity contribution >= 4 is 5.91 Å². The number of hydrogen-bond acceptors (Lipinski definition) is 6. The second-order valence-electron chi connectivity index (χ2n) is 8.11. The lowest BCUT2D eigenvalue weighted by atomic mass is 10.1. The summed E-state index contributed by atoms with van der Waals surface area (Å²) in [7, 11) is 0. The minimum atomic E-state index is -0.378. The van der Waals surface area contributed by atoms with Crippen molar-refractivity contribution in [3.05, 3.63) is 65.0 Å². The van der Waals surface area contributed by atoms with Gasteiger partial charge in [-0.15, -0.1) is 10.2 Å². The molecule has 2 aliphatic rings. The maximum Gasteiger partial charge on any atom is 0.274 e. The maximum absolute atomic E-state index is 12.7. The molecule has 0 saturated carbocycles. The van der Waals surface area contributed by atoms with Gasteiger partial charge in [-0.2, -0.15) is 5.10 Å². The molecule has 1 aromatic carbocycles. The van der Waals surface area contributed by atoms with E-state index >= 15 is 0 Å². The Morgan fingerprint density at radius 2 is 2.07 bits per heavy atom. The number of aliphatic hydroxyl groups is 1. The van der Waals surface area contributed by atoms with Gasteiger partial charge in [0.15, 0.2) is 11.6 Å². The van der Waals surface area contributed by atoms with Crippen LogP contribution in [0.15, 0.2) is 36.4 Å². The van der Waals surface area contributed by atoms with Gasteiger partial charge in [-0.05, 0) is 25.0 Å². The van der Waals surface area contributed by atoms with Crippen molar-refractivity contribution in [3.8, 4) is 0 Å². The Bertz CT molecular complexity index is 1040. The lowest BCUT2D eigenvalue weighted by molar-refractivity contribution is 0.0698. The van der Waals surface area contributed by atoms with E-state index in [1.807, 2.05) is 25.1 Å². The summed E-state index contributed by atoms with van der Waals surface area (Å²) in [5, 5.41) is 26.1. The number of carbonyl (C=O) groups excluding carboxylic acids is 1. The summed E-state index contributed by atoms with van der Waals surface area (Å²) < 4.78 is 2.11. The molecule has 0 radical (unpaired) electrons. The Labute approximate surface area is 174 Å². The number of aromatic nitrogens is 5. The number of fused-ring (bicyclic) bond motifs is 1. The number of nitrogens with zero attached hydrogens (tertiary/aromatic N) is 6. The monoisotopic (exact) mass is 407 g/mol. The predicted molar refractivity (Wildman–Crippen MR) is 108 cm³/mol. The first-order valence-corrected chi connectivity index (χ1v) is 10.3. The number of rotatable bonds is 4. The number of aromatic amines is 1. The van der Waals surface area contributed by atoms with Crippen LogP contribution in [-0.2, 0) is 19.6 Å². The summed E-state index contributed by atoms with van der Waals surface area (Å²) >= 11 is 0. The molecule has 3 aromatic rings. The molecule has 0 unspecified atom stereocenters. The largest absolute Gasteiger partial charge is 0.392 e. The molecule has 2 aromatic heterocycles. The highest BCUT2D eigenvalue weighted by molar-refractivity contribution is 5.92. The van der Waals surface area contributed by atoms with Crippen molar-refractivity contribution in [3.63, 3.8) is 0 Å². The van der Waals surface area contributed by atoms with Gasteiger partial charge in [-0.25, -0.2) is 0 Å². The minimum Gasteiger partial charge on any atom is -0.392 e. The predicted octanol–water partition coefficient (Wildman–Crippen LogP) is 1.27. The van der Waals surface area contributed by atoms with Crippen LogP contribution < -0.4 is 0 Å². The van der Waals surface area contributed by atoms with E-state index in [1.165, 1.54) is 5.56 Å². The fourth-order valence-corrected chi connectivity index (χ4v) is 4.43. The van der Waals surface area contributed by atoms with E-state index in [-0.39, 0.29) is 18.1 Å². The average Bonchev–Trinajstić information content (AvgIpc) is 3.46. The number of benzene rings is 1. The van der Waals surface area contributed by atoms with Gasteiger partial charge in [-0.1, -0.05) is 30.3 Å². The molecule has 0 spiro atoms. The summed E-state index contributed by atoms with van der Waals surface area (Å²) in [5.74, 6) is 1.55. The highest BCUT2D eigenvalue weighted by atomic mass is 16.3.